The molecule has 2 aromatic carbocycles. The maximum Gasteiger partial charge on any atom is 0.511 e. The number of anilines is 1. The van der Waals surface area contributed by atoms with Crippen LogP contribution in [0.4, 0.5) is 10.6 Å². The quantitative estimate of drug-likeness (QED) is 0.706. The molecule has 6 nitrogen and oxygen atoms in total. The number of benzene rings is 2. The van der Waals surface area contributed by atoms with Crippen molar-refractivity contribution in [3.05, 3.63) is 66.2 Å². The highest BCUT2D eigenvalue weighted by Crippen LogP contribution is 2.32. The first-order valence-corrected chi connectivity index (χ1v) is 8.54. The number of hydrogen-bond donors (Lipinski definition) is 2. The number of piperazine rings is 1. The van der Waals surface area contributed by atoms with Crippen molar-refractivity contribution in [1.82, 2.24) is 10.3 Å². The van der Waals surface area contributed by atoms with Crippen LogP contribution in [-0.2, 0) is 0 Å². The number of carboxylic acid groups (broad SMARTS) is 1. The van der Waals surface area contributed by atoms with Gasteiger partial charge in [0.25, 0.3) is 0 Å². The van der Waals surface area contributed by atoms with Gasteiger partial charge in [0.1, 0.15) is 0 Å². The lowest BCUT2D eigenvalue weighted by atomic mass is 10.0. The van der Waals surface area contributed by atoms with Gasteiger partial charge in [-0.1, -0.05) is 48.5 Å². The Kier molecular flexibility index (Phi) is 4.41. The SMILES string of the molecule is O=C(O)Oc1cc2ccccc2nc1N1CCNC(c2ccccc2)C1. The van der Waals surface area contributed by atoms with Gasteiger partial charge in [-0.25, -0.2) is 9.78 Å². The van der Waals surface area contributed by atoms with E-state index < -0.39 is 6.16 Å². The van der Waals surface area contributed by atoms with Crippen LogP contribution in [0.25, 0.3) is 10.9 Å². The highest BCUT2D eigenvalue weighted by molar-refractivity contribution is 5.84. The normalized spacial score (nSPS) is 17.2. The van der Waals surface area contributed by atoms with Gasteiger partial charge < -0.3 is 20.1 Å². The van der Waals surface area contributed by atoms with Crippen molar-refractivity contribution in [3.63, 3.8) is 0 Å². The number of ether oxygens (including phenoxy) is 1. The van der Waals surface area contributed by atoms with Crippen LogP contribution in [-0.4, -0.2) is 35.9 Å². The third kappa shape index (κ3) is 3.32. The molecule has 1 fully saturated rings. The Morgan fingerprint density at radius 1 is 1.15 bits per heavy atom. The van der Waals surface area contributed by atoms with Crippen LogP contribution in [0, 0.1) is 0 Å². The van der Waals surface area contributed by atoms with E-state index >= 15 is 0 Å². The summed E-state index contributed by atoms with van der Waals surface area (Å²) >= 11 is 0. The van der Waals surface area contributed by atoms with E-state index in [2.05, 4.69) is 27.3 Å². The lowest BCUT2D eigenvalue weighted by molar-refractivity contribution is 0.144. The van der Waals surface area contributed by atoms with Crippen molar-refractivity contribution >= 4 is 22.9 Å². The van der Waals surface area contributed by atoms with E-state index in [4.69, 9.17) is 9.84 Å². The maximum absolute atomic E-state index is 11.1. The zero-order chi connectivity index (χ0) is 17.9. The largest absolute Gasteiger partial charge is 0.511 e. The predicted molar refractivity (Wildman–Crippen MR) is 99.8 cm³/mol. The van der Waals surface area contributed by atoms with E-state index in [9.17, 15) is 4.79 Å². The van der Waals surface area contributed by atoms with Crippen LogP contribution >= 0.6 is 0 Å². The third-order valence-corrected chi connectivity index (χ3v) is 4.54. The first kappa shape index (κ1) is 16.4. The summed E-state index contributed by atoms with van der Waals surface area (Å²) in [7, 11) is 0. The van der Waals surface area contributed by atoms with Crippen LogP contribution in [0.3, 0.4) is 0 Å². The smallest absolute Gasteiger partial charge is 0.449 e. The number of carbonyl (C=O) groups is 1. The van der Waals surface area contributed by atoms with E-state index in [1.807, 2.05) is 42.5 Å². The second-order valence-electron chi connectivity index (χ2n) is 6.23. The van der Waals surface area contributed by atoms with E-state index in [-0.39, 0.29) is 11.8 Å². The molecule has 3 aromatic rings. The molecule has 0 aliphatic carbocycles. The number of aromatic nitrogens is 1. The van der Waals surface area contributed by atoms with Crippen molar-refractivity contribution < 1.29 is 14.6 Å². The number of pyridine rings is 1. The lowest BCUT2D eigenvalue weighted by Gasteiger charge is -2.35. The van der Waals surface area contributed by atoms with Crippen molar-refractivity contribution in [2.24, 2.45) is 0 Å². The molecule has 1 unspecified atom stereocenters. The standard InChI is InChI=1S/C20H19N3O3/c24-20(25)26-18-12-15-8-4-5-9-16(15)22-19(18)23-11-10-21-17(13-23)14-6-2-1-3-7-14/h1-9,12,17,21H,10-11,13H2,(H,24,25). The number of nitrogens with zero attached hydrogens (tertiary/aromatic N) is 2. The molecular weight excluding hydrogens is 330 g/mol. The molecule has 1 atom stereocenters. The summed E-state index contributed by atoms with van der Waals surface area (Å²) in [4.78, 5) is 17.9. The summed E-state index contributed by atoms with van der Waals surface area (Å²) in [5, 5.41) is 13.5. The second-order valence-corrected chi connectivity index (χ2v) is 6.23. The van der Waals surface area contributed by atoms with Gasteiger partial charge in [0.2, 0.25) is 0 Å². The van der Waals surface area contributed by atoms with Crippen LogP contribution in [0.1, 0.15) is 11.6 Å². The molecule has 1 aliphatic rings. The number of rotatable bonds is 3. The molecule has 0 saturated carbocycles. The topological polar surface area (TPSA) is 74.7 Å². The van der Waals surface area contributed by atoms with E-state index in [0.29, 0.717) is 12.4 Å². The minimum absolute atomic E-state index is 0.149. The third-order valence-electron chi connectivity index (χ3n) is 4.54. The molecule has 1 aliphatic heterocycles. The van der Waals surface area contributed by atoms with E-state index in [1.54, 1.807) is 6.07 Å². The van der Waals surface area contributed by atoms with Gasteiger partial charge in [-0.15, -0.1) is 0 Å². The van der Waals surface area contributed by atoms with Gasteiger partial charge in [0.15, 0.2) is 11.6 Å². The van der Waals surface area contributed by atoms with Crippen molar-refractivity contribution in [2.75, 3.05) is 24.5 Å². The van der Waals surface area contributed by atoms with Crippen LogP contribution < -0.4 is 15.0 Å². The fraction of sp³-hybridized carbons (Fsp3) is 0.200. The Bertz CT molecular complexity index is 930. The Labute approximate surface area is 151 Å². The van der Waals surface area contributed by atoms with Gasteiger partial charge in [-0.3, -0.25) is 0 Å². The predicted octanol–water partition coefficient (Wildman–Crippen LogP) is 3.44. The first-order valence-electron chi connectivity index (χ1n) is 8.54. The van der Waals surface area contributed by atoms with Crippen molar-refractivity contribution in [3.8, 4) is 5.75 Å². The summed E-state index contributed by atoms with van der Waals surface area (Å²) in [6.07, 6.45) is -1.34. The van der Waals surface area contributed by atoms with Gasteiger partial charge in [0, 0.05) is 31.1 Å². The monoisotopic (exact) mass is 349 g/mol. The van der Waals surface area contributed by atoms with Gasteiger partial charge in [-0.2, -0.15) is 0 Å². The number of para-hydroxylation sites is 1. The maximum atomic E-state index is 11.1. The number of fused-ring (bicyclic) bond motifs is 1. The Morgan fingerprint density at radius 3 is 2.73 bits per heavy atom. The first-order chi connectivity index (χ1) is 12.7. The molecule has 2 N–H and O–H groups in total. The summed E-state index contributed by atoms with van der Waals surface area (Å²) in [6, 6.07) is 19.7. The summed E-state index contributed by atoms with van der Waals surface area (Å²) < 4.78 is 5.04. The molecule has 2 heterocycles. The highest BCUT2D eigenvalue weighted by Gasteiger charge is 2.25. The minimum Gasteiger partial charge on any atom is -0.449 e. The molecule has 0 bridgehead atoms. The zero-order valence-corrected chi connectivity index (χ0v) is 14.1. The minimum atomic E-state index is -1.34. The van der Waals surface area contributed by atoms with Crippen LogP contribution in [0.5, 0.6) is 5.75 Å². The lowest BCUT2D eigenvalue weighted by Crippen LogP contribution is -2.46. The van der Waals surface area contributed by atoms with Gasteiger partial charge >= 0.3 is 6.16 Å². The molecule has 1 aromatic heterocycles. The fourth-order valence-electron chi connectivity index (χ4n) is 3.33. The fourth-order valence-corrected chi connectivity index (χ4v) is 3.33. The Morgan fingerprint density at radius 2 is 1.92 bits per heavy atom. The Balaban J connectivity index is 1.71. The molecule has 4 rings (SSSR count). The average Bonchev–Trinajstić information content (AvgIpc) is 2.68. The van der Waals surface area contributed by atoms with Crippen LogP contribution in [0.2, 0.25) is 0 Å². The van der Waals surface area contributed by atoms with E-state index in [1.165, 1.54) is 5.56 Å². The Hall–Kier alpha value is -3.12. The zero-order valence-electron chi connectivity index (χ0n) is 14.1. The van der Waals surface area contributed by atoms with Crippen molar-refractivity contribution in [1.29, 1.82) is 0 Å². The molecular formula is C20H19N3O3. The average molecular weight is 349 g/mol. The molecule has 0 radical (unpaired) electrons. The summed E-state index contributed by atoms with van der Waals surface area (Å²) in [6.45, 7) is 2.19. The summed E-state index contributed by atoms with van der Waals surface area (Å²) in [5.74, 6) is 0.832. The molecule has 0 amide bonds. The van der Waals surface area contributed by atoms with Gasteiger partial charge in [-0.05, 0) is 17.7 Å². The highest BCUT2D eigenvalue weighted by atomic mass is 16.7. The molecule has 1 saturated heterocycles. The number of nitrogens with one attached hydrogen (secondary N) is 1. The van der Waals surface area contributed by atoms with Crippen LogP contribution in [0.15, 0.2) is 60.7 Å². The van der Waals surface area contributed by atoms with E-state index in [0.717, 1.165) is 24.0 Å². The summed E-state index contributed by atoms with van der Waals surface area (Å²) in [5.41, 5.74) is 2.01. The number of hydrogen-bond acceptors (Lipinski definition) is 5. The van der Waals surface area contributed by atoms with Gasteiger partial charge in [0.05, 0.1) is 5.52 Å². The second kappa shape index (κ2) is 7.01. The molecule has 6 heteroatoms. The molecule has 0 spiro atoms. The van der Waals surface area contributed by atoms with Crippen molar-refractivity contribution in [2.45, 2.75) is 6.04 Å². The molecule has 26 heavy (non-hydrogen) atoms. The molecule has 132 valence electrons.